The van der Waals surface area contributed by atoms with E-state index in [0.29, 0.717) is 4.77 Å². The van der Waals surface area contributed by atoms with Gasteiger partial charge in [0.15, 0.2) is 4.77 Å². The number of aryl methyl sites for hydroxylation is 1. The van der Waals surface area contributed by atoms with Gasteiger partial charge in [-0.2, -0.15) is 0 Å². The Morgan fingerprint density at radius 3 is 2.96 bits per heavy atom. The molecule has 24 heavy (non-hydrogen) atoms. The third kappa shape index (κ3) is 3.17. The van der Waals surface area contributed by atoms with Gasteiger partial charge in [0.05, 0.1) is 10.7 Å². The lowest BCUT2D eigenvalue weighted by Gasteiger charge is -2.27. The van der Waals surface area contributed by atoms with Crippen LogP contribution in [0.3, 0.4) is 0 Å². The van der Waals surface area contributed by atoms with Gasteiger partial charge in [0.1, 0.15) is 0 Å². The van der Waals surface area contributed by atoms with Crippen LogP contribution in [0, 0.1) is 11.7 Å². The molecule has 1 N–H and O–H groups in total. The Labute approximate surface area is 150 Å². The van der Waals surface area contributed by atoms with Gasteiger partial charge < -0.3 is 4.98 Å². The summed E-state index contributed by atoms with van der Waals surface area (Å²) >= 11 is 6.91. The number of benzene rings is 1. The van der Waals surface area contributed by atoms with Crippen molar-refractivity contribution in [2.45, 2.75) is 26.4 Å². The van der Waals surface area contributed by atoms with Crippen molar-refractivity contribution in [3.05, 3.63) is 62.4 Å². The predicted molar refractivity (Wildman–Crippen MR) is 99.5 cm³/mol. The first-order valence-corrected chi connectivity index (χ1v) is 9.22. The highest BCUT2D eigenvalue weighted by atomic mass is 32.1. The first-order chi connectivity index (χ1) is 11.7. The lowest BCUT2D eigenvalue weighted by Crippen LogP contribution is -2.30. The zero-order valence-electron chi connectivity index (χ0n) is 13.5. The van der Waals surface area contributed by atoms with Crippen LogP contribution in [-0.2, 0) is 19.5 Å². The van der Waals surface area contributed by atoms with Gasteiger partial charge in [-0.05, 0) is 19.1 Å². The zero-order chi connectivity index (χ0) is 16.5. The molecule has 1 aromatic carbocycles. The summed E-state index contributed by atoms with van der Waals surface area (Å²) in [5.74, 6) is 0. The van der Waals surface area contributed by atoms with Crippen molar-refractivity contribution in [2.75, 3.05) is 6.54 Å². The lowest BCUT2D eigenvalue weighted by molar-refractivity contribution is 0.245. The van der Waals surface area contributed by atoms with Crippen molar-refractivity contribution in [1.29, 1.82) is 0 Å². The highest BCUT2D eigenvalue weighted by molar-refractivity contribution is 7.71. The minimum Gasteiger partial charge on any atom is -0.334 e. The molecule has 0 amide bonds. The predicted octanol–water partition coefficient (Wildman–Crippen LogP) is 4.13. The number of H-pyrrole nitrogens is 1. The Morgan fingerprint density at radius 2 is 2.12 bits per heavy atom. The van der Waals surface area contributed by atoms with Crippen LogP contribution < -0.4 is 0 Å². The quantitative estimate of drug-likeness (QED) is 0.718. The molecule has 3 heterocycles. The molecule has 4 nitrogen and oxygen atoms in total. The van der Waals surface area contributed by atoms with Crippen molar-refractivity contribution in [3.63, 3.8) is 0 Å². The zero-order valence-corrected chi connectivity index (χ0v) is 15.1. The first kappa shape index (κ1) is 15.6. The molecule has 0 unspecified atom stereocenters. The largest absolute Gasteiger partial charge is 0.334 e. The molecule has 0 fully saturated rings. The molecule has 0 radical (unpaired) electrons. The molecule has 0 bridgehead atoms. The van der Waals surface area contributed by atoms with Crippen molar-refractivity contribution in [1.82, 2.24) is 19.9 Å². The number of aromatic nitrogens is 3. The maximum Gasteiger partial charge on any atom is 0.196 e. The normalized spacial score (nSPS) is 14.5. The average molecular weight is 355 g/mol. The molecule has 1 aliphatic rings. The van der Waals surface area contributed by atoms with Crippen LogP contribution in [0.2, 0.25) is 0 Å². The molecule has 0 atom stereocenters. The Bertz CT molecular complexity index is 914. The van der Waals surface area contributed by atoms with Crippen LogP contribution in [-0.4, -0.2) is 26.4 Å². The summed E-state index contributed by atoms with van der Waals surface area (Å²) in [5, 5.41) is 1.12. The van der Waals surface area contributed by atoms with E-state index < -0.39 is 0 Å². The van der Waals surface area contributed by atoms with E-state index in [9.17, 15) is 0 Å². The van der Waals surface area contributed by atoms with Gasteiger partial charge in [-0.1, -0.05) is 30.3 Å². The van der Waals surface area contributed by atoms with Crippen molar-refractivity contribution in [2.24, 2.45) is 0 Å². The third-order valence-corrected chi connectivity index (χ3v) is 5.44. The molecule has 0 saturated heterocycles. The number of thiazole rings is 1. The Hall–Kier alpha value is -1.89. The van der Waals surface area contributed by atoms with E-state index >= 15 is 0 Å². The first-order valence-electron chi connectivity index (χ1n) is 8.00. The van der Waals surface area contributed by atoms with Gasteiger partial charge >= 0.3 is 0 Å². The number of fused-ring (bicyclic) bond motifs is 1. The summed E-state index contributed by atoms with van der Waals surface area (Å²) in [4.78, 5) is 16.0. The summed E-state index contributed by atoms with van der Waals surface area (Å²) in [5.41, 5.74) is 4.79. The van der Waals surface area contributed by atoms with Gasteiger partial charge in [-0.15, -0.1) is 11.3 Å². The van der Waals surface area contributed by atoms with E-state index in [4.69, 9.17) is 17.2 Å². The smallest absolute Gasteiger partial charge is 0.196 e. The van der Waals surface area contributed by atoms with Crippen LogP contribution in [0.1, 0.15) is 21.1 Å². The standard InChI is InChI=1S/C18H18N4S2/c1-12-20-17(13-5-3-2-4-6-13)16(24-12)11-22-8-7-15-14(10-22)9-19-18(23)21-15/h2-6,9H,7-8,10-11H2,1H3,(H,19,21,23). The summed E-state index contributed by atoms with van der Waals surface area (Å²) in [7, 11) is 0. The molecule has 122 valence electrons. The monoisotopic (exact) mass is 354 g/mol. The molecule has 2 aromatic heterocycles. The summed E-state index contributed by atoms with van der Waals surface area (Å²) in [6.07, 6.45) is 2.90. The van der Waals surface area contributed by atoms with Gasteiger partial charge in [-0.3, -0.25) is 4.90 Å². The SMILES string of the molecule is Cc1nc(-c2ccccc2)c(CN2CCc3[nH]c(=S)ncc3C2)s1. The summed E-state index contributed by atoms with van der Waals surface area (Å²) in [6, 6.07) is 10.4. The highest BCUT2D eigenvalue weighted by Gasteiger charge is 2.20. The second-order valence-electron chi connectivity index (χ2n) is 6.02. The van der Waals surface area contributed by atoms with Gasteiger partial charge in [-0.25, -0.2) is 9.97 Å². The lowest BCUT2D eigenvalue weighted by atomic mass is 10.1. The third-order valence-electron chi connectivity index (χ3n) is 4.27. The number of hydrogen-bond donors (Lipinski definition) is 1. The highest BCUT2D eigenvalue weighted by Crippen LogP contribution is 2.30. The van der Waals surface area contributed by atoms with Gasteiger partial charge in [0.2, 0.25) is 0 Å². The number of hydrogen-bond acceptors (Lipinski definition) is 5. The van der Waals surface area contributed by atoms with Crippen LogP contribution in [0.4, 0.5) is 0 Å². The number of nitrogens with one attached hydrogen (secondary N) is 1. The Balaban J connectivity index is 1.59. The Morgan fingerprint density at radius 1 is 1.29 bits per heavy atom. The molecule has 3 aromatic rings. The molecule has 0 saturated carbocycles. The Kier molecular flexibility index (Phi) is 4.26. The van der Waals surface area contributed by atoms with E-state index in [0.717, 1.165) is 36.8 Å². The number of aromatic amines is 1. The van der Waals surface area contributed by atoms with E-state index in [2.05, 4.69) is 46.1 Å². The number of nitrogens with zero attached hydrogens (tertiary/aromatic N) is 3. The second kappa shape index (κ2) is 6.55. The minimum atomic E-state index is 0.576. The van der Waals surface area contributed by atoms with Crippen LogP contribution in [0.15, 0.2) is 36.5 Å². The van der Waals surface area contributed by atoms with E-state index in [1.54, 1.807) is 11.3 Å². The van der Waals surface area contributed by atoms with Crippen molar-refractivity contribution in [3.8, 4) is 11.3 Å². The van der Waals surface area contributed by atoms with Crippen molar-refractivity contribution < 1.29 is 0 Å². The molecule has 6 heteroatoms. The van der Waals surface area contributed by atoms with Gasteiger partial charge in [0, 0.05) is 53.9 Å². The van der Waals surface area contributed by atoms with E-state index in [1.165, 1.54) is 21.7 Å². The molecular formula is C18H18N4S2. The number of rotatable bonds is 3. The molecule has 0 spiro atoms. The fourth-order valence-electron chi connectivity index (χ4n) is 3.14. The van der Waals surface area contributed by atoms with Crippen molar-refractivity contribution >= 4 is 23.6 Å². The molecule has 4 rings (SSSR count). The molecule has 0 aliphatic carbocycles. The van der Waals surface area contributed by atoms with Crippen LogP contribution in [0.5, 0.6) is 0 Å². The fraction of sp³-hybridized carbons (Fsp3) is 0.278. The second-order valence-corrected chi connectivity index (χ2v) is 7.70. The van der Waals surface area contributed by atoms with E-state index in [-0.39, 0.29) is 0 Å². The molecular weight excluding hydrogens is 336 g/mol. The molecule has 1 aliphatic heterocycles. The minimum absolute atomic E-state index is 0.576. The maximum atomic E-state index is 5.12. The van der Waals surface area contributed by atoms with Gasteiger partial charge in [0.25, 0.3) is 0 Å². The average Bonchev–Trinajstić information content (AvgIpc) is 2.96. The van der Waals surface area contributed by atoms with E-state index in [1.807, 2.05) is 12.3 Å². The summed E-state index contributed by atoms with van der Waals surface area (Å²) < 4.78 is 0.576. The maximum absolute atomic E-state index is 5.12. The van der Waals surface area contributed by atoms with Crippen LogP contribution >= 0.6 is 23.6 Å². The fourth-order valence-corrected chi connectivity index (χ4v) is 4.32. The topological polar surface area (TPSA) is 44.8 Å². The van der Waals surface area contributed by atoms with Crippen LogP contribution in [0.25, 0.3) is 11.3 Å². The summed E-state index contributed by atoms with van der Waals surface area (Å²) in [6.45, 7) is 4.92.